The van der Waals surface area contributed by atoms with Gasteiger partial charge in [-0.05, 0) is 45.1 Å². The first-order valence-corrected chi connectivity index (χ1v) is 8.16. The molecule has 3 aromatic rings. The van der Waals surface area contributed by atoms with Gasteiger partial charge in [0, 0.05) is 0 Å². The highest BCUT2D eigenvalue weighted by atomic mass is 14.3. The van der Waals surface area contributed by atoms with Crippen LogP contribution in [0.1, 0.15) is 16.7 Å². The molecule has 0 aliphatic heterocycles. The molecule has 0 amide bonds. The van der Waals surface area contributed by atoms with Crippen molar-refractivity contribution >= 4 is 16.7 Å². The first kappa shape index (κ1) is 14.5. The topological polar surface area (TPSA) is 0 Å². The quantitative estimate of drug-likeness (QED) is 0.536. The zero-order valence-electron chi connectivity index (χ0n) is 13.4. The van der Waals surface area contributed by atoms with Crippen molar-refractivity contribution < 1.29 is 0 Å². The van der Waals surface area contributed by atoms with E-state index in [2.05, 4.69) is 104 Å². The summed E-state index contributed by atoms with van der Waals surface area (Å²) in [5.41, 5.74) is 8.46. The monoisotopic (exact) mass is 306 g/mol. The molecule has 1 aliphatic rings. The van der Waals surface area contributed by atoms with E-state index in [9.17, 15) is 0 Å². The Morgan fingerprint density at radius 3 is 1.38 bits per heavy atom. The van der Waals surface area contributed by atoms with Crippen LogP contribution in [0.5, 0.6) is 0 Å². The molecule has 3 aromatic carbocycles. The standard InChI is InChI=1S/C24H18/c1-18-17-22(19-11-5-2-6-12-19)24(21-15-9-4-10-16-21)23(18)20-13-7-3-8-14-20/h2-17H,1H2. The molecule has 0 saturated carbocycles. The van der Waals surface area contributed by atoms with Crippen molar-refractivity contribution in [1.29, 1.82) is 0 Å². The molecule has 1 aliphatic carbocycles. The third kappa shape index (κ3) is 2.53. The molecule has 0 heteroatoms. The Hall–Kier alpha value is -3.12. The molecule has 0 N–H and O–H groups in total. The molecule has 114 valence electrons. The molecule has 0 spiro atoms. The van der Waals surface area contributed by atoms with Crippen molar-refractivity contribution in [1.82, 2.24) is 0 Å². The van der Waals surface area contributed by atoms with Gasteiger partial charge in [0.15, 0.2) is 0 Å². The van der Waals surface area contributed by atoms with Crippen LogP contribution in [-0.2, 0) is 0 Å². The summed E-state index contributed by atoms with van der Waals surface area (Å²) in [4.78, 5) is 0. The third-order valence-electron chi connectivity index (χ3n) is 4.37. The molecular formula is C24H18. The molecule has 24 heavy (non-hydrogen) atoms. The lowest BCUT2D eigenvalue weighted by Crippen LogP contribution is -1.91. The number of hydrogen-bond donors (Lipinski definition) is 0. The van der Waals surface area contributed by atoms with E-state index in [1.165, 1.54) is 33.4 Å². The van der Waals surface area contributed by atoms with E-state index in [1.807, 2.05) is 0 Å². The minimum atomic E-state index is 1.07. The van der Waals surface area contributed by atoms with E-state index < -0.39 is 0 Å². The van der Waals surface area contributed by atoms with Crippen molar-refractivity contribution in [2.24, 2.45) is 0 Å². The van der Waals surface area contributed by atoms with Crippen LogP contribution in [-0.4, -0.2) is 0 Å². The summed E-state index contributed by atoms with van der Waals surface area (Å²) in [6.45, 7) is 4.33. The van der Waals surface area contributed by atoms with Gasteiger partial charge < -0.3 is 0 Å². The summed E-state index contributed by atoms with van der Waals surface area (Å²) in [6.07, 6.45) is 2.21. The summed E-state index contributed by atoms with van der Waals surface area (Å²) in [6, 6.07) is 31.7. The second kappa shape index (κ2) is 6.17. The van der Waals surface area contributed by atoms with Crippen molar-refractivity contribution in [3.05, 3.63) is 126 Å². The zero-order chi connectivity index (χ0) is 16.4. The van der Waals surface area contributed by atoms with Gasteiger partial charge in [-0.2, -0.15) is 0 Å². The summed E-state index contributed by atoms with van der Waals surface area (Å²) in [7, 11) is 0. The van der Waals surface area contributed by atoms with Crippen LogP contribution in [0.15, 0.2) is 109 Å². The Bertz CT molecular complexity index is 927. The molecule has 0 radical (unpaired) electrons. The van der Waals surface area contributed by atoms with Crippen LogP contribution >= 0.6 is 0 Å². The lowest BCUT2D eigenvalue weighted by molar-refractivity contribution is 1.58. The molecule has 0 atom stereocenters. The van der Waals surface area contributed by atoms with Crippen LogP contribution in [0.3, 0.4) is 0 Å². The number of benzene rings is 3. The van der Waals surface area contributed by atoms with Crippen molar-refractivity contribution in [2.75, 3.05) is 0 Å². The molecule has 4 rings (SSSR count). The second-order valence-electron chi connectivity index (χ2n) is 5.93. The normalized spacial score (nSPS) is 14.0. The highest BCUT2D eigenvalue weighted by Gasteiger charge is 2.23. The largest absolute Gasteiger partial charge is 0.0911 e. The molecule has 0 unspecified atom stereocenters. The SMILES string of the molecule is C=C1C=C(c2ccccc2)C(c2ccccc2)=C1c1ccccc1. The Morgan fingerprint density at radius 2 is 0.875 bits per heavy atom. The van der Waals surface area contributed by atoms with Crippen LogP contribution in [0, 0.1) is 0 Å². The van der Waals surface area contributed by atoms with E-state index >= 15 is 0 Å². The zero-order valence-corrected chi connectivity index (χ0v) is 13.4. The van der Waals surface area contributed by atoms with E-state index in [1.54, 1.807) is 0 Å². The number of allylic oxidation sites excluding steroid dienone is 5. The van der Waals surface area contributed by atoms with E-state index in [0.29, 0.717) is 0 Å². The fraction of sp³-hybridized carbons (Fsp3) is 0. The summed E-state index contributed by atoms with van der Waals surface area (Å²) < 4.78 is 0. The van der Waals surface area contributed by atoms with Gasteiger partial charge in [-0.3, -0.25) is 0 Å². The third-order valence-corrected chi connectivity index (χ3v) is 4.37. The maximum atomic E-state index is 4.33. The Balaban J connectivity index is 1.98. The molecule has 0 saturated heterocycles. The molecule has 0 fully saturated rings. The average molecular weight is 306 g/mol. The van der Waals surface area contributed by atoms with Crippen LogP contribution in [0.4, 0.5) is 0 Å². The Morgan fingerprint density at radius 1 is 0.458 bits per heavy atom. The number of hydrogen-bond acceptors (Lipinski definition) is 0. The maximum absolute atomic E-state index is 4.33. The van der Waals surface area contributed by atoms with Gasteiger partial charge >= 0.3 is 0 Å². The van der Waals surface area contributed by atoms with Crippen LogP contribution in [0.2, 0.25) is 0 Å². The van der Waals surface area contributed by atoms with E-state index in [0.717, 1.165) is 5.57 Å². The highest BCUT2D eigenvalue weighted by molar-refractivity contribution is 6.23. The fourth-order valence-electron chi connectivity index (χ4n) is 3.30. The fourth-order valence-corrected chi connectivity index (χ4v) is 3.30. The van der Waals surface area contributed by atoms with Gasteiger partial charge in [-0.1, -0.05) is 97.6 Å². The average Bonchev–Trinajstić information content (AvgIpc) is 3.01. The maximum Gasteiger partial charge on any atom is -0.00208 e. The van der Waals surface area contributed by atoms with Crippen LogP contribution < -0.4 is 0 Å². The van der Waals surface area contributed by atoms with Gasteiger partial charge in [0.1, 0.15) is 0 Å². The number of rotatable bonds is 3. The smallest absolute Gasteiger partial charge is 0.00208 e. The van der Waals surface area contributed by atoms with Gasteiger partial charge in [-0.25, -0.2) is 0 Å². The van der Waals surface area contributed by atoms with Gasteiger partial charge in [0.25, 0.3) is 0 Å². The van der Waals surface area contributed by atoms with Gasteiger partial charge in [0.05, 0.1) is 0 Å². The first-order chi connectivity index (χ1) is 11.8. The molecule has 0 aromatic heterocycles. The van der Waals surface area contributed by atoms with Crippen molar-refractivity contribution in [3.8, 4) is 0 Å². The minimum absolute atomic E-state index is 1.07. The van der Waals surface area contributed by atoms with E-state index in [4.69, 9.17) is 0 Å². The molecule has 0 heterocycles. The predicted molar refractivity (Wildman–Crippen MR) is 103 cm³/mol. The van der Waals surface area contributed by atoms with Gasteiger partial charge in [-0.15, -0.1) is 0 Å². The predicted octanol–water partition coefficient (Wildman–Crippen LogP) is 6.25. The minimum Gasteiger partial charge on any atom is -0.0911 e. The highest BCUT2D eigenvalue weighted by Crippen LogP contribution is 2.46. The van der Waals surface area contributed by atoms with Crippen LogP contribution in [0.25, 0.3) is 16.7 Å². The summed E-state index contributed by atoms with van der Waals surface area (Å²) in [5, 5.41) is 0. The molecule has 0 bridgehead atoms. The lowest BCUT2D eigenvalue weighted by atomic mass is 9.90. The Labute approximate surface area is 143 Å². The Kier molecular flexibility index (Phi) is 3.72. The summed E-state index contributed by atoms with van der Waals surface area (Å²) >= 11 is 0. The molecule has 0 nitrogen and oxygen atoms in total. The summed E-state index contributed by atoms with van der Waals surface area (Å²) in [5.74, 6) is 0. The van der Waals surface area contributed by atoms with Gasteiger partial charge in [0.2, 0.25) is 0 Å². The lowest BCUT2D eigenvalue weighted by Gasteiger charge is -2.13. The van der Waals surface area contributed by atoms with Crippen molar-refractivity contribution in [2.45, 2.75) is 0 Å². The molecular weight excluding hydrogens is 288 g/mol. The van der Waals surface area contributed by atoms with Crippen molar-refractivity contribution in [3.63, 3.8) is 0 Å². The second-order valence-corrected chi connectivity index (χ2v) is 5.93. The van der Waals surface area contributed by atoms with E-state index in [-0.39, 0.29) is 0 Å². The first-order valence-electron chi connectivity index (χ1n) is 8.16.